The molecule has 0 saturated carbocycles. The van der Waals surface area contributed by atoms with Crippen LogP contribution in [0.2, 0.25) is 10.0 Å². The van der Waals surface area contributed by atoms with Gasteiger partial charge in [-0.15, -0.1) is 0 Å². The van der Waals surface area contributed by atoms with Gasteiger partial charge in [0.05, 0.1) is 23.7 Å². The average molecular weight is 383 g/mol. The van der Waals surface area contributed by atoms with Gasteiger partial charge < -0.3 is 14.4 Å². The molecule has 1 amide bonds. The number of halogens is 2. The minimum Gasteiger partial charge on any atom is -0.495 e. The SMILES string of the molecule is COc1cc2c3c(cnc2c(Cl)c1Cl)[C@@H](C)N(C(=O)COC(C)=O)C3. The van der Waals surface area contributed by atoms with Crippen molar-refractivity contribution in [3.05, 3.63) is 33.4 Å². The summed E-state index contributed by atoms with van der Waals surface area (Å²) in [5.74, 6) is -0.304. The second-order valence-electron chi connectivity index (χ2n) is 5.77. The lowest BCUT2D eigenvalue weighted by molar-refractivity contribution is -0.151. The Kier molecular flexibility index (Phi) is 4.75. The van der Waals surface area contributed by atoms with Crippen LogP contribution in [-0.2, 0) is 20.9 Å². The number of carbonyl (C=O) groups excluding carboxylic acids is 2. The Morgan fingerprint density at radius 3 is 2.72 bits per heavy atom. The number of benzene rings is 1. The van der Waals surface area contributed by atoms with Crippen LogP contribution in [0.15, 0.2) is 12.3 Å². The second-order valence-corrected chi connectivity index (χ2v) is 6.53. The Balaban J connectivity index is 2.04. The average Bonchev–Trinajstić information content (AvgIpc) is 2.93. The molecular weight excluding hydrogens is 367 g/mol. The molecule has 25 heavy (non-hydrogen) atoms. The largest absolute Gasteiger partial charge is 0.495 e. The molecule has 132 valence electrons. The van der Waals surface area contributed by atoms with E-state index < -0.39 is 5.97 Å². The van der Waals surface area contributed by atoms with E-state index in [4.69, 9.17) is 32.7 Å². The molecular formula is C17H16Cl2N2O4. The highest BCUT2D eigenvalue weighted by atomic mass is 35.5. The molecule has 0 spiro atoms. The van der Waals surface area contributed by atoms with Gasteiger partial charge in [0.15, 0.2) is 6.61 Å². The molecule has 1 atom stereocenters. The van der Waals surface area contributed by atoms with E-state index in [0.717, 1.165) is 16.5 Å². The van der Waals surface area contributed by atoms with Gasteiger partial charge >= 0.3 is 5.97 Å². The molecule has 0 saturated heterocycles. The molecule has 0 unspecified atom stereocenters. The summed E-state index contributed by atoms with van der Waals surface area (Å²) in [5, 5.41) is 1.41. The standard InChI is InChI=1S/C17H16Cl2N2O4/c1-8-11-5-20-17-10(4-13(24-3)15(18)16(17)19)12(11)6-21(8)14(23)7-25-9(2)22/h4-5,8H,6-7H2,1-3H3/t8-/m1/s1. The fourth-order valence-electron chi connectivity index (χ4n) is 3.03. The van der Waals surface area contributed by atoms with Crippen molar-refractivity contribution in [1.29, 1.82) is 0 Å². The van der Waals surface area contributed by atoms with Crippen LogP contribution >= 0.6 is 23.2 Å². The van der Waals surface area contributed by atoms with Gasteiger partial charge in [-0.25, -0.2) is 0 Å². The maximum absolute atomic E-state index is 12.4. The molecule has 1 aliphatic heterocycles. The molecule has 8 heteroatoms. The monoisotopic (exact) mass is 382 g/mol. The van der Waals surface area contributed by atoms with Crippen molar-refractivity contribution in [3.63, 3.8) is 0 Å². The first-order chi connectivity index (χ1) is 11.8. The molecule has 0 aliphatic carbocycles. The molecule has 2 aromatic rings. The van der Waals surface area contributed by atoms with E-state index in [0.29, 0.717) is 27.9 Å². The zero-order chi connectivity index (χ0) is 18.3. The third-order valence-electron chi connectivity index (χ3n) is 4.34. The van der Waals surface area contributed by atoms with E-state index in [9.17, 15) is 9.59 Å². The molecule has 0 N–H and O–H groups in total. The lowest BCUT2D eigenvalue weighted by Gasteiger charge is -2.21. The number of methoxy groups -OCH3 is 1. The van der Waals surface area contributed by atoms with Crippen molar-refractivity contribution in [1.82, 2.24) is 9.88 Å². The summed E-state index contributed by atoms with van der Waals surface area (Å²) in [6, 6.07) is 1.60. The third-order valence-corrected chi connectivity index (χ3v) is 5.18. The zero-order valence-corrected chi connectivity index (χ0v) is 15.4. The Morgan fingerprint density at radius 2 is 2.08 bits per heavy atom. The normalized spacial score (nSPS) is 16.0. The van der Waals surface area contributed by atoms with E-state index in [1.54, 1.807) is 17.2 Å². The molecule has 3 rings (SSSR count). The Labute approximate surface area is 154 Å². The van der Waals surface area contributed by atoms with Crippen LogP contribution in [0.3, 0.4) is 0 Å². The van der Waals surface area contributed by atoms with Gasteiger partial charge in [-0.05, 0) is 24.1 Å². The lowest BCUT2D eigenvalue weighted by atomic mass is 10.0. The maximum atomic E-state index is 12.4. The van der Waals surface area contributed by atoms with Crippen LogP contribution in [0.4, 0.5) is 0 Å². The lowest BCUT2D eigenvalue weighted by Crippen LogP contribution is -2.32. The molecule has 1 aromatic heterocycles. The van der Waals surface area contributed by atoms with Crippen molar-refractivity contribution in [2.45, 2.75) is 26.4 Å². The van der Waals surface area contributed by atoms with Crippen LogP contribution in [0, 0.1) is 0 Å². The minimum absolute atomic E-state index is 0.185. The predicted molar refractivity (Wildman–Crippen MR) is 93.9 cm³/mol. The number of rotatable bonds is 3. The fraction of sp³-hybridized carbons (Fsp3) is 0.353. The number of ether oxygens (including phenoxy) is 2. The molecule has 2 heterocycles. The van der Waals surface area contributed by atoms with Crippen LogP contribution in [-0.4, -0.2) is 35.5 Å². The van der Waals surface area contributed by atoms with Gasteiger partial charge in [0.2, 0.25) is 0 Å². The Hall–Kier alpha value is -2.05. The molecule has 0 bridgehead atoms. The number of aromatic nitrogens is 1. The zero-order valence-electron chi connectivity index (χ0n) is 13.9. The minimum atomic E-state index is -0.490. The number of hydrogen-bond donors (Lipinski definition) is 0. The predicted octanol–water partition coefficient (Wildman–Crippen LogP) is 3.52. The van der Waals surface area contributed by atoms with E-state index in [-0.39, 0.29) is 18.6 Å². The van der Waals surface area contributed by atoms with E-state index in [2.05, 4.69) is 4.98 Å². The van der Waals surface area contributed by atoms with Crippen LogP contribution in [0.25, 0.3) is 10.9 Å². The van der Waals surface area contributed by atoms with Crippen molar-refractivity contribution in [3.8, 4) is 5.75 Å². The van der Waals surface area contributed by atoms with Crippen LogP contribution in [0.5, 0.6) is 5.75 Å². The van der Waals surface area contributed by atoms with Crippen LogP contribution in [0.1, 0.15) is 31.0 Å². The van der Waals surface area contributed by atoms with E-state index in [1.165, 1.54) is 14.0 Å². The summed E-state index contributed by atoms with van der Waals surface area (Å²) in [7, 11) is 1.51. The van der Waals surface area contributed by atoms with E-state index >= 15 is 0 Å². The Morgan fingerprint density at radius 1 is 1.36 bits per heavy atom. The molecule has 1 aliphatic rings. The topological polar surface area (TPSA) is 68.7 Å². The number of esters is 1. The van der Waals surface area contributed by atoms with Gasteiger partial charge in [-0.2, -0.15) is 0 Å². The first-order valence-corrected chi connectivity index (χ1v) is 8.37. The molecule has 0 fully saturated rings. The van der Waals surface area contributed by atoms with Crippen molar-refractivity contribution < 1.29 is 19.1 Å². The first-order valence-electron chi connectivity index (χ1n) is 7.61. The summed E-state index contributed by atoms with van der Waals surface area (Å²) in [6.45, 7) is 3.26. The smallest absolute Gasteiger partial charge is 0.303 e. The number of nitrogens with zero attached hydrogens (tertiary/aromatic N) is 2. The highest BCUT2D eigenvalue weighted by Gasteiger charge is 2.33. The number of pyridine rings is 1. The molecule has 1 aromatic carbocycles. The number of hydrogen-bond acceptors (Lipinski definition) is 5. The number of carbonyl (C=O) groups is 2. The number of amides is 1. The second kappa shape index (κ2) is 6.69. The first kappa shape index (κ1) is 17.8. The van der Waals surface area contributed by atoms with Gasteiger partial charge in [-0.3, -0.25) is 14.6 Å². The molecule has 6 nitrogen and oxygen atoms in total. The van der Waals surface area contributed by atoms with Crippen molar-refractivity contribution in [2.75, 3.05) is 13.7 Å². The summed E-state index contributed by atoms with van der Waals surface area (Å²) >= 11 is 12.5. The number of fused-ring (bicyclic) bond motifs is 3. The summed E-state index contributed by atoms with van der Waals surface area (Å²) in [6.07, 6.45) is 1.70. The van der Waals surface area contributed by atoms with Crippen LogP contribution < -0.4 is 4.74 Å². The highest BCUT2D eigenvalue weighted by Crippen LogP contribution is 2.43. The van der Waals surface area contributed by atoms with Gasteiger partial charge in [0.25, 0.3) is 5.91 Å². The van der Waals surface area contributed by atoms with Crippen molar-refractivity contribution >= 4 is 46.0 Å². The molecule has 0 radical (unpaired) electrons. The highest BCUT2D eigenvalue weighted by molar-refractivity contribution is 6.46. The van der Waals surface area contributed by atoms with Crippen molar-refractivity contribution in [2.24, 2.45) is 0 Å². The fourth-order valence-corrected chi connectivity index (χ4v) is 3.49. The summed E-state index contributed by atoms with van der Waals surface area (Å²) in [4.78, 5) is 29.4. The quantitative estimate of drug-likeness (QED) is 0.759. The van der Waals surface area contributed by atoms with Gasteiger partial charge in [0.1, 0.15) is 10.8 Å². The maximum Gasteiger partial charge on any atom is 0.303 e. The van der Waals surface area contributed by atoms with Gasteiger partial charge in [-0.1, -0.05) is 23.2 Å². The summed E-state index contributed by atoms with van der Waals surface area (Å²) in [5.41, 5.74) is 2.42. The third kappa shape index (κ3) is 3.00. The van der Waals surface area contributed by atoms with Gasteiger partial charge in [0, 0.05) is 25.1 Å². The Bertz CT molecular complexity index is 885. The summed E-state index contributed by atoms with van der Waals surface area (Å²) < 4.78 is 10.1. The van der Waals surface area contributed by atoms with E-state index in [1.807, 2.05) is 6.92 Å².